The Bertz CT molecular complexity index is 434. The monoisotopic (exact) mass is 262 g/mol. The fourth-order valence-electron chi connectivity index (χ4n) is 2.46. The molecular weight excluding hydrogens is 240 g/mol. The van der Waals surface area contributed by atoms with Gasteiger partial charge in [-0.25, -0.2) is 0 Å². The first-order valence-corrected chi connectivity index (χ1v) is 6.73. The van der Waals surface area contributed by atoms with Gasteiger partial charge < -0.3 is 15.0 Å². The normalized spacial score (nSPS) is 19.8. The lowest BCUT2D eigenvalue weighted by molar-refractivity contribution is -0.132. The molecule has 19 heavy (non-hydrogen) atoms. The highest BCUT2D eigenvalue weighted by Crippen LogP contribution is 2.13. The molecule has 1 aromatic rings. The van der Waals surface area contributed by atoms with E-state index in [9.17, 15) is 4.79 Å². The lowest BCUT2D eigenvalue weighted by Gasteiger charge is -2.30. The Kier molecular flexibility index (Phi) is 4.93. The highest BCUT2D eigenvalue weighted by molar-refractivity contribution is 5.76. The number of hydrogen-bond donors (Lipinski definition) is 1. The third kappa shape index (κ3) is 3.78. The predicted molar refractivity (Wildman–Crippen MR) is 74.7 cm³/mol. The van der Waals surface area contributed by atoms with E-state index in [0.29, 0.717) is 19.1 Å². The molecule has 0 aromatic heterocycles. The number of methoxy groups -OCH3 is 1. The van der Waals surface area contributed by atoms with Gasteiger partial charge in [-0.1, -0.05) is 24.3 Å². The standard InChI is InChI=1S/C15H22N2O2/c1-17-10-14(7-8-15(17)18)16-9-12-5-3-4-6-13(12)11-19-2/h3-6,14,16H,7-11H2,1-2H3. The highest BCUT2D eigenvalue weighted by atomic mass is 16.5. The number of ether oxygens (including phenoxy) is 1. The fourth-order valence-corrected chi connectivity index (χ4v) is 2.46. The zero-order valence-corrected chi connectivity index (χ0v) is 11.7. The van der Waals surface area contributed by atoms with Crippen LogP contribution in [0.2, 0.25) is 0 Å². The van der Waals surface area contributed by atoms with Crippen molar-refractivity contribution in [1.29, 1.82) is 0 Å². The average Bonchev–Trinajstić information content (AvgIpc) is 2.42. The van der Waals surface area contributed by atoms with E-state index in [-0.39, 0.29) is 5.91 Å². The predicted octanol–water partition coefficient (Wildman–Crippen LogP) is 1.54. The molecular formula is C15H22N2O2. The molecule has 1 saturated heterocycles. The van der Waals surface area contributed by atoms with E-state index in [1.165, 1.54) is 11.1 Å². The third-order valence-corrected chi connectivity index (χ3v) is 3.63. The number of rotatable bonds is 5. The van der Waals surface area contributed by atoms with Crippen LogP contribution in [0.1, 0.15) is 24.0 Å². The second kappa shape index (κ2) is 6.68. The second-order valence-corrected chi connectivity index (χ2v) is 5.09. The maximum Gasteiger partial charge on any atom is 0.222 e. The minimum absolute atomic E-state index is 0.248. The van der Waals surface area contributed by atoms with E-state index < -0.39 is 0 Å². The Labute approximate surface area is 114 Å². The van der Waals surface area contributed by atoms with E-state index in [0.717, 1.165) is 19.5 Å². The number of amides is 1. The zero-order valence-electron chi connectivity index (χ0n) is 11.7. The van der Waals surface area contributed by atoms with Crippen molar-refractivity contribution in [1.82, 2.24) is 10.2 Å². The number of piperidine rings is 1. The topological polar surface area (TPSA) is 41.6 Å². The van der Waals surface area contributed by atoms with Gasteiger partial charge in [0.15, 0.2) is 0 Å². The van der Waals surface area contributed by atoms with Gasteiger partial charge in [-0.2, -0.15) is 0 Å². The molecule has 1 aliphatic heterocycles. The summed E-state index contributed by atoms with van der Waals surface area (Å²) in [6.07, 6.45) is 1.57. The van der Waals surface area contributed by atoms with Crippen LogP contribution in [0.25, 0.3) is 0 Å². The Hall–Kier alpha value is -1.39. The summed E-state index contributed by atoms with van der Waals surface area (Å²) in [5, 5.41) is 3.54. The summed E-state index contributed by atoms with van der Waals surface area (Å²) in [6, 6.07) is 8.69. The lowest BCUT2D eigenvalue weighted by Crippen LogP contribution is -2.46. The SMILES string of the molecule is COCc1ccccc1CNC1CCC(=O)N(C)C1. The van der Waals surface area contributed by atoms with Gasteiger partial charge in [-0.3, -0.25) is 4.79 Å². The van der Waals surface area contributed by atoms with Crippen molar-refractivity contribution in [2.45, 2.75) is 32.0 Å². The van der Waals surface area contributed by atoms with Crippen LogP contribution >= 0.6 is 0 Å². The molecule has 4 nitrogen and oxygen atoms in total. The molecule has 1 N–H and O–H groups in total. The maximum absolute atomic E-state index is 11.4. The number of nitrogens with one attached hydrogen (secondary N) is 1. The summed E-state index contributed by atoms with van der Waals surface area (Å²) in [6.45, 7) is 2.26. The van der Waals surface area contributed by atoms with Crippen molar-refractivity contribution in [3.63, 3.8) is 0 Å². The van der Waals surface area contributed by atoms with Crippen LogP contribution in [0.4, 0.5) is 0 Å². The van der Waals surface area contributed by atoms with Crippen LogP contribution in [-0.2, 0) is 22.7 Å². The molecule has 1 heterocycles. The molecule has 1 aliphatic rings. The summed E-state index contributed by atoms with van der Waals surface area (Å²) in [5.74, 6) is 0.248. The Morgan fingerprint density at radius 3 is 2.79 bits per heavy atom. The molecule has 4 heteroatoms. The summed E-state index contributed by atoms with van der Waals surface area (Å²) >= 11 is 0. The molecule has 0 aliphatic carbocycles. The van der Waals surface area contributed by atoms with Crippen molar-refractivity contribution in [3.8, 4) is 0 Å². The largest absolute Gasteiger partial charge is 0.380 e. The molecule has 2 rings (SSSR count). The van der Waals surface area contributed by atoms with E-state index in [2.05, 4.69) is 17.4 Å². The molecule has 1 atom stereocenters. The van der Waals surface area contributed by atoms with Gasteiger partial charge in [0.25, 0.3) is 0 Å². The quantitative estimate of drug-likeness (QED) is 0.875. The van der Waals surface area contributed by atoms with Gasteiger partial charge in [0.1, 0.15) is 0 Å². The van der Waals surface area contributed by atoms with Gasteiger partial charge in [0, 0.05) is 39.7 Å². The maximum atomic E-state index is 11.4. The Morgan fingerprint density at radius 2 is 2.11 bits per heavy atom. The van der Waals surface area contributed by atoms with Crippen LogP contribution in [0.15, 0.2) is 24.3 Å². The number of hydrogen-bond acceptors (Lipinski definition) is 3. The Morgan fingerprint density at radius 1 is 1.37 bits per heavy atom. The van der Waals surface area contributed by atoms with Gasteiger partial charge in [-0.15, -0.1) is 0 Å². The van der Waals surface area contributed by atoms with Crippen LogP contribution in [0, 0.1) is 0 Å². The summed E-state index contributed by atoms with van der Waals surface area (Å²) in [5.41, 5.74) is 2.49. The fraction of sp³-hybridized carbons (Fsp3) is 0.533. The van der Waals surface area contributed by atoms with Crippen molar-refractivity contribution >= 4 is 5.91 Å². The van der Waals surface area contributed by atoms with Crippen molar-refractivity contribution < 1.29 is 9.53 Å². The molecule has 1 unspecified atom stereocenters. The van der Waals surface area contributed by atoms with E-state index in [4.69, 9.17) is 4.74 Å². The second-order valence-electron chi connectivity index (χ2n) is 5.09. The summed E-state index contributed by atoms with van der Waals surface area (Å²) < 4.78 is 5.21. The summed E-state index contributed by atoms with van der Waals surface area (Å²) in [7, 11) is 3.58. The van der Waals surface area contributed by atoms with Crippen molar-refractivity contribution in [3.05, 3.63) is 35.4 Å². The summed E-state index contributed by atoms with van der Waals surface area (Å²) in [4.78, 5) is 13.2. The molecule has 1 fully saturated rings. The zero-order chi connectivity index (χ0) is 13.7. The van der Waals surface area contributed by atoms with Crippen LogP contribution in [0.3, 0.4) is 0 Å². The number of likely N-dealkylation sites (N-methyl/N-ethyl adjacent to an activating group) is 1. The minimum Gasteiger partial charge on any atom is -0.380 e. The van der Waals surface area contributed by atoms with Gasteiger partial charge in [0.2, 0.25) is 5.91 Å². The van der Waals surface area contributed by atoms with Crippen molar-refractivity contribution in [2.75, 3.05) is 20.7 Å². The van der Waals surface area contributed by atoms with Crippen LogP contribution in [-0.4, -0.2) is 37.6 Å². The molecule has 0 radical (unpaired) electrons. The Balaban J connectivity index is 1.90. The molecule has 104 valence electrons. The van der Waals surface area contributed by atoms with Crippen LogP contribution < -0.4 is 5.32 Å². The van der Waals surface area contributed by atoms with Crippen LogP contribution in [0.5, 0.6) is 0 Å². The average molecular weight is 262 g/mol. The molecule has 1 aromatic carbocycles. The third-order valence-electron chi connectivity index (χ3n) is 3.63. The van der Waals surface area contributed by atoms with E-state index in [1.807, 2.05) is 24.1 Å². The first-order chi connectivity index (χ1) is 9.20. The molecule has 0 spiro atoms. The van der Waals surface area contributed by atoms with E-state index >= 15 is 0 Å². The molecule has 0 saturated carbocycles. The smallest absolute Gasteiger partial charge is 0.222 e. The molecule has 1 amide bonds. The van der Waals surface area contributed by atoms with Crippen molar-refractivity contribution in [2.24, 2.45) is 0 Å². The number of nitrogens with zero attached hydrogens (tertiary/aromatic N) is 1. The van der Waals surface area contributed by atoms with Gasteiger partial charge in [0.05, 0.1) is 6.61 Å². The number of carbonyl (C=O) groups excluding carboxylic acids is 1. The first kappa shape index (κ1) is 14.0. The lowest BCUT2D eigenvalue weighted by atomic mass is 10.0. The van der Waals surface area contributed by atoms with Gasteiger partial charge in [-0.05, 0) is 17.5 Å². The molecule has 0 bridgehead atoms. The highest BCUT2D eigenvalue weighted by Gasteiger charge is 2.22. The first-order valence-electron chi connectivity index (χ1n) is 6.73. The van der Waals surface area contributed by atoms with E-state index in [1.54, 1.807) is 7.11 Å². The number of benzene rings is 1. The number of carbonyl (C=O) groups is 1. The van der Waals surface area contributed by atoms with Gasteiger partial charge >= 0.3 is 0 Å². The number of likely N-dealkylation sites (tertiary alicyclic amines) is 1. The minimum atomic E-state index is 0.248.